The summed E-state index contributed by atoms with van der Waals surface area (Å²) in [7, 11) is 0. The predicted octanol–water partition coefficient (Wildman–Crippen LogP) is 6.12. The quantitative estimate of drug-likeness (QED) is 0.122. The Labute approximate surface area is 343 Å². The number of fused-ring (bicyclic) bond motifs is 6. The van der Waals surface area contributed by atoms with Gasteiger partial charge in [0.2, 0.25) is 17.7 Å². The first-order valence-corrected chi connectivity index (χ1v) is 21.5. The number of carbonyl (C=O) groups is 4. The van der Waals surface area contributed by atoms with Crippen LogP contribution in [0.3, 0.4) is 0 Å². The lowest BCUT2D eigenvalue weighted by atomic mass is 9.34. The third-order valence-electron chi connectivity index (χ3n) is 15.8. The number of rotatable bonds is 17. The van der Waals surface area contributed by atoms with Gasteiger partial charge in [0.15, 0.2) is 0 Å². The minimum Gasteiger partial charge on any atom is -0.492 e. The summed E-state index contributed by atoms with van der Waals surface area (Å²) in [6.07, 6.45) is 8.29. The number of aromatic hydroxyl groups is 2. The standard InChI is InChI=1S/C45H68N2O11/c1-40(2)33-10-14-45(7)38(43(33,5)13-11-34(40)49)32(48)28-30-31-29-42(4,16-15-41(31,3)17-18-44(30,45)6)39(53)46-19-21-55-23-25-57-27-26-56-24-22-54-20-12-37(52)58-47-35(50)8-9-36(47)51/h8-9,33,38,50-51H,10-29H2,1-7H3,(H,46,53)/t33-,38+,41+,42-,43-,44+,45+/m0/s1. The second-order valence-electron chi connectivity index (χ2n) is 19.6. The Balaban J connectivity index is 0.905. The van der Waals surface area contributed by atoms with Crippen LogP contribution in [0.4, 0.5) is 0 Å². The number of nitrogens with one attached hydrogen (secondary N) is 1. The lowest BCUT2D eigenvalue weighted by Crippen LogP contribution is -2.66. The smallest absolute Gasteiger partial charge is 0.335 e. The molecule has 0 spiro atoms. The van der Waals surface area contributed by atoms with Gasteiger partial charge in [-0.1, -0.05) is 59.6 Å². The van der Waals surface area contributed by atoms with Crippen LogP contribution in [-0.2, 0) is 38.1 Å². The van der Waals surface area contributed by atoms with Crippen molar-refractivity contribution >= 4 is 23.4 Å². The van der Waals surface area contributed by atoms with E-state index in [-0.39, 0.29) is 70.8 Å². The van der Waals surface area contributed by atoms with Gasteiger partial charge in [0.05, 0.1) is 64.7 Å². The summed E-state index contributed by atoms with van der Waals surface area (Å²) in [4.78, 5) is 58.2. The van der Waals surface area contributed by atoms with E-state index in [1.54, 1.807) is 0 Å². The molecule has 5 aliphatic rings. The molecule has 0 saturated heterocycles. The summed E-state index contributed by atoms with van der Waals surface area (Å²) in [5.41, 5.74) is 1.25. The highest BCUT2D eigenvalue weighted by Crippen LogP contribution is 2.74. The van der Waals surface area contributed by atoms with E-state index in [0.29, 0.717) is 81.7 Å². The van der Waals surface area contributed by atoms with Gasteiger partial charge in [0, 0.05) is 42.9 Å². The lowest BCUT2D eigenvalue weighted by molar-refractivity contribution is -0.188. The number of allylic oxidation sites excluding steroid dienone is 2. The molecule has 1 heterocycles. The summed E-state index contributed by atoms with van der Waals surface area (Å²) in [6.45, 7) is 18.9. The second kappa shape index (κ2) is 17.0. The molecule has 0 aromatic carbocycles. The first-order chi connectivity index (χ1) is 27.3. The number of aromatic nitrogens is 1. The third-order valence-corrected chi connectivity index (χ3v) is 15.8. The fourth-order valence-corrected chi connectivity index (χ4v) is 12.1. The summed E-state index contributed by atoms with van der Waals surface area (Å²) < 4.78 is 22.8. The van der Waals surface area contributed by atoms with E-state index in [2.05, 4.69) is 53.8 Å². The molecule has 0 bridgehead atoms. The number of Topliss-reactive ketones (excluding diaryl/α,β-unsaturated/α-hetero) is 2. The van der Waals surface area contributed by atoms with Crippen molar-refractivity contribution in [1.82, 2.24) is 10.0 Å². The van der Waals surface area contributed by atoms with E-state index < -0.39 is 16.8 Å². The Morgan fingerprint density at radius 2 is 1.34 bits per heavy atom. The van der Waals surface area contributed by atoms with Gasteiger partial charge in [-0.2, -0.15) is 0 Å². The van der Waals surface area contributed by atoms with Crippen LogP contribution in [-0.4, -0.2) is 97.8 Å². The number of nitrogens with zero attached hydrogens (tertiary/aromatic N) is 1. The predicted molar refractivity (Wildman–Crippen MR) is 215 cm³/mol. The molecular formula is C45H68N2O11. The van der Waals surface area contributed by atoms with Crippen molar-refractivity contribution in [1.29, 1.82) is 0 Å². The first-order valence-electron chi connectivity index (χ1n) is 21.5. The normalized spacial score (nSPS) is 34.1. The van der Waals surface area contributed by atoms with E-state index in [9.17, 15) is 29.4 Å². The van der Waals surface area contributed by atoms with Crippen molar-refractivity contribution in [2.45, 2.75) is 119 Å². The van der Waals surface area contributed by atoms with Crippen molar-refractivity contribution in [3.63, 3.8) is 0 Å². The molecule has 0 unspecified atom stereocenters. The Morgan fingerprint density at radius 3 is 1.98 bits per heavy atom. The monoisotopic (exact) mass is 812 g/mol. The molecule has 5 aliphatic carbocycles. The molecule has 13 nitrogen and oxygen atoms in total. The first kappa shape index (κ1) is 44.3. The second-order valence-corrected chi connectivity index (χ2v) is 19.6. The Bertz CT molecular complexity index is 1730. The van der Waals surface area contributed by atoms with E-state index in [1.807, 2.05) is 0 Å². The molecule has 1 aromatic heterocycles. The maximum Gasteiger partial charge on any atom is 0.335 e. The average Bonchev–Trinajstić information content (AvgIpc) is 3.48. The van der Waals surface area contributed by atoms with E-state index >= 15 is 0 Å². The minimum absolute atomic E-state index is 0.000909. The van der Waals surface area contributed by atoms with Crippen molar-refractivity contribution in [2.24, 2.45) is 44.3 Å². The van der Waals surface area contributed by atoms with Gasteiger partial charge in [-0.15, -0.1) is 4.73 Å². The highest BCUT2D eigenvalue weighted by Gasteiger charge is 2.70. The lowest BCUT2D eigenvalue weighted by Gasteiger charge is -2.69. The largest absolute Gasteiger partial charge is 0.492 e. The molecule has 1 amide bonds. The molecule has 4 saturated carbocycles. The molecule has 4 fully saturated rings. The van der Waals surface area contributed by atoms with Gasteiger partial charge in [0.1, 0.15) is 11.6 Å². The van der Waals surface area contributed by atoms with Gasteiger partial charge >= 0.3 is 5.97 Å². The molecular weight excluding hydrogens is 744 g/mol. The highest BCUT2D eigenvalue weighted by molar-refractivity contribution is 5.90. The Kier molecular flexibility index (Phi) is 13.0. The molecule has 0 radical (unpaired) electrons. The summed E-state index contributed by atoms with van der Waals surface area (Å²) >= 11 is 0. The van der Waals surface area contributed by atoms with Crippen molar-refractivity contribution in [3.8, 4) is 11.8 Å². The molecule has 1 aromatic rings. The van der Waals surface area contributed by atoms with E-state index in [4.69, 9.17) is 23.8 Å². The van der Waals surface area contributed by atoms with Crippen molar-refractivity contribution < 1.29 is 53.2 Å². The third kappa shape index (κ3) is 8.14. The fraction of sp³-hybridized carbons (Fsp3) is 0.778. The maximum absolute atomic E-state index is 14.6. The average molecular weight is 813 g/mol. The number of hydrogen-bond acceptors (Lipinski definition) is 11. The SMILES string of the molecule is CC1(C)C(=O)CC[C@]2(C)[C@H]3C(=O)CC4=C5C[C@@](C)(C(=O)NCCOCCOCCOCCOCCC(=O)On6c(O)ccc6O)CC[C@]5(C)CC[C@@]4(C)[C@]3(C)CC[C@@H]12. The summed E-state index contributed by atoms with van der Waals surface area (Å²) in [6, 6.07) is 2.40. The van der Waals surface area contributed by atoms with Crippen LogP contribution in [0.5, 0.6) is 11.8 Å². The number of ether oxygens (including phenoxy) is 4. The molecule has 3 N–H and O–H groups in total. The zero-order chi connectivity index (χ0) is 42.1. The molecule has 13 heteroatoms. The zero-order valence-electron chi connectivity index (χ0n) is 36.0. The van der Waals surface area contributed by atoms with Gasteiger partial charge in [-0.25, -0.2) is 4.79 Å². The van der Waals surface area contributed by atoms with Crippen LogP contribution in [0.1, 0.15) is 119 Å². The van der Waals surface area contributed by atoms with Gasteiger partial charge in [-0.3, -0.25) is 14.4 Å². The van der Waals surface area contributed by atoms with Crippen LogP contribution in [0.25, 0.3) is 0 Å². The molecule has 0 aliphatic heterocycles. The van der Waals surface area contributed by atoms with Gasteiger partial charge < -0.3 is 39.3 Å². The molecule has 58 heavy (non-hydrogen) atoms. The zero-order valence-corrected chi connectivity index (χ0v) is 36.0. The number of amides is 1. The maximum atomic E-state index is 14.6. The molecule has 324 valence electrons. The van der Waals surface area contributed by atoms with Crippen molar-refractivity contribution in [3.05, 3.63) is 23.3 Å². The van der Waals surface area contributed by atoms with Crippen LogP contribution < -0.4 is 10.2 Å². The molecule has 7 atom stereocenters. The van der Waals surface area contributed by atoms with Crippen molar-refractivity contribution in [2.75, 3.05) is 59.4 Å². The summed E-state index contributed by atoms with van der Waals surface area (Å²) in [5, 5.41) is 22.2. The number of ketones is 2. The van der Waals surface area contributed by atoms with E-state index in [1.165, 1.54) is 23.3 Å². The van der Waals surface area contributed by atoms with Crippen LogP contribution in [0, 0.1) is 44.3 Å². The number of carbonyl (C=O) groups excluding carboxylic acids is 4. The minimum atomic E-state index is -0.666. The topological polar surface area (TPSA) is 172 Å². The van der Waals surface area contributed by atoms with Gasteiger partial charge in [-0.05, 0) is 78.9 Å². The summed E-state index contributed by atoms with van der Waals surface area (Å²) in [5.74, 6) is -0.523. The Morgan fingerprint density at radius 1 is 0.759 bits per heavy atom. The van der Waals surface area contributed by atoms with Crippen LogP contribution in [0.2, 0.25) is 0 Å². The fourth-order valence-electron chi connectivity index (χ4n) is 12.1. The van der Waals surface area contributed by atoms with E-state index in [0.717, 1.165) is 44.9 Å². The Hall–Kier alpha value is -3.26. The van der Waals surface area contributed by atoms with Crippen LogP contribution in [0.15, 0.2) is 23.3 Å². The highest BCUT2D eigenvalue weighted by atomic mass is 16.7. The number of hydrogen-bond donors (Lipinski definition) is 3. The van der Waals surface area contributed by atoms with Gasteiger partial charge in [0.25, 0.3) is 0 Å². The molecule has 6 rings (SSSR count). The van der Waals surface area contributed by atoms with Crippen LogP contribution >= 0.6 is 0 Å².